The van der Waals surface area contributed by atoms with Crippen LogP contribution < -0.4 is 15.4 Å². The third-order valence-electron chi connectivity index (χ3n) is 5.03. The van der Waals surface area contributed by atoms with Crippen molar-refractivity contribution in [3.05, 3.63) is 29.3 Å². The van der Waals surface area contributed by atoms with E-state index in [1.54, 1.807) is 18.5 Å². The van der Waals surface area contributed by atoms with Gasteiger partial charge in [0.05, 0.1) is 19.4 Å². The summed E-state index contributed by atoms with van der Waals surface area (Å²) in [7, 11) is 0.352. The number of rotatable bonds is 6. The first kappa shape index (κ1) is 21.5. The Morgan fingerprint density at radius 2 is 2.04 bits per heavy atom. The van der Waals surface area contributed by atoms with Crippen LogP contribution in [-0.4, -0.2) is 58.7 Å². The lowest BCUT2D eigenvalue weighted by Gasteiger charge is -2.30. The second kappa shape index (κ2) is 9.41. The summed E-state index contributed by atoms with van der Waals surface area (Å²) in [6.45, 7) is 6.09. The maximum Gasteiger partial charge on any atom is 0.211 e. The predicted octanol–water partition coefficient (Wildman–Crippen LogP) is 1.90. The molecule has 1 atom stereocenters. The smallest absolute Gasteiger partial charge is 0.211 e. The average molecular weight is 397 g/mol. The van der Waals surface area contributed by atoms with Crippen LogP contribution in [0.1, 0.15) is 36.9 Å². The van der Waals surface area contributed by atoms with Gasteiger partial charge in [-0.15, -0.1) is 0 Å². The summed E-state index contributed by atoms with van der Waals surface area (Å²) in [5, 5.41) is 6.79. The molecule has 1 unspecified atom stereocenters. The van der Waals surface area contributed by atoms with Crippen LogP contribution in [0.2, 0.25) is 0 Å². The molecule has 1 aromatic carbocycles. The Morgan fingerprint density at radius 1 is 1.37 bits per heavy atom. The van der Waals surface area contributed by atoms with Gasteiger partial charge >= 0.3 is 0 Å². The van der Waals surface area contributed by atoms with Crippen molar-refractivity contribution in [2.45, 2.75) is 32.7 Å². The molecule has 0 aromatic heterocycles. The summed E-state index contributed by atoms with van der Waals surface area (Å²) >= 11 is 0. The van der Waals surface area contributed by atoms with Crippen molar-refractivity contribution < 1.29 is 13.2 Å². The highest BCUT2D eigenvalue weighted by atomic mass is 32.2. The van der Waals surface area contributed by atoms with E-state index in [1.807, 2.05) is 12.1 Å². The number of nitrogens with one attached hydrogen (secondary N) is 2. The van der Waals surface area contributed by atoms with Crippen molar-refractivity contribution in [1.29, 1.82) is 0 Å². The topological polar surface area (TPSA) is 83.0 Å². The van der Waals surface area contributed by atoms with Crippen molar-refractivity contribution in [3.63, 3.8) is 0 Å². The van der Waals surface area contributed by atoms with Gasteiger partial charge in [0.15, 0.2) is 5.96 Å². The number of ether oxygens (including phenoxy) is 1. The number of hydrogen-bond donors (Lipinski definition) is 2. The molecule has 7 nitrogen and oxygen atoms in total. The van der Waals surface area contributed by atoms with Crippen molar-refractivity contribution in [3.8, 4) is 5.75 Å². The van der Waals surface area contributed by atoms with E-state index in [-0.39, 0.29) is 6.04 Å². The molecule has 1 saturated heterocycles. The standard InChI is InChI=1S/C19H32N4O3S/c1-14-6-7-18(26-4)17(12-14)15(2)22-19(20-3)21-13-16-8-10-23(11-9-16)27(5,24)25/h6-7,12,15-16H,8-11,13H2,1-5H3,(H2,20,21,22). The number of aliphatic imine (C=N–C) groups is 1. The number of sulfonamides is 1. The molecular formula is C19H32N4O3S. The predicted molar refractivity (Wildman–Crippen MR) is 110 cm³/mol. The van der Waals surface area contributed by atoms with E-state index in [0.29, 0.717) is 19.0 Å². The maximum absolute atomic E-state index is 11.6. The van der Waals surface area contributed by atoms with Gasteiger partial charge in [-0.2, -0.15) is 0 Å². The number of guanidine groups is 1. The van der Waals surface area contributed by atoms with Crippen molar-refractivity contribution >= 4 is 16.0 Å². The summed E-state index contributed by atoms with van der Waals surface area (Å²) in [5.41, 5.74) is 2.27. The number of aryl methyl sites for hydroxylation is 1. The van der Waals surface area contributed by atoms with E-state index in [0.717, 1.165) is 36.7 Å². The molecule has 1 aromatic rings. The number of benzene rings is 1. The second-order valence-corrected chi connectivity index (χ2v) is 9.15. The molecule has 2 rings (SSSR count). The summed E-state index contributed by atoms with van der Waals surface area (Å²) in [6, 6.07) is 6.17. The Hall–Kier alpha value is -1.80. The van der Waals surface area contributed by atoms with Gasteiger partial charge in [-0.25, -0.2) is 12.7 Å². The molecule has 0 spiro atoms. The first-order valence-corrected chi connectivity index (χ1v) is 11.2. The zero-order valence-electron chi connectivity index (χ0n) is 16.9. The summed E-state index contributed by atoms with van der Waals surface area (Å²) in [6.07, 6.45) is 2.99. The molecule has 2 N–H and O–H groups in total. The van der Waals surface area contributed by atoms with Crippen molar-refractivity contribution in [1.82, 2.24) is 14.9 Å². The Morgan fingerprint density at radius 3 is 2.59 bits per heavy atom. The van der Waals surface area contributed by atoms with E-state index < -0.39 is 10.0 Å². The van der Waals surface area contributed by atoms with Gasteiger partial charge in [0.2, 0.25) is 10.0 Å². The lowest BCUT2D eigenvalue weighted by molar-refractivity contribution is 0.274. The SMILES string of the molecule is CN=C(NCC1CCN(S(C)(=O)=O)CC1)NC(C)c1cc(C)ccc1OC. The summed E-state index contributed by atoms with van der Waals surface area (Å²) in [5.74, 6) is 2.02. The molecule has 0 amide bonds. The highest BCUT2D eigenvalue weighted by Crippen LogP contribution is 2.26. The van der Waals surface area contributed by atoms with Crippen LogP contribution in [0.4, 0.5) is 0 Å². The van der Waals surface area contributed by atoms with Gasteiger partial charge in [-0.3, -0.25) is 4.99 Å². The lowest BCUT2D eigenvalue weighted by Crippen LogP contribution is -2.44. The molecule has 0 saturated carbocycles. The highest BCUT2D eigenvalue weighted by molar-refractivity contribution is 7.88. The van der Waals surface area contributed by atoms with Crippen LogP contribution in [0.15, 0.2) is 23.2 Å². The number of piperidine rings is 1. The van der Waals surface area contributed by atoms with Crippen LogP contribution in [0.25, 0.3) is 0 Å². The minimum atomic E-state index is -3.08. The van der Waals surface area contributed by atoms with Gasteiger partial charge in [-0.1, -0.05) is 17.7 Å². The molecule has 1 fully saturated rings. The van der Waals surface area contributed by atoms with Gasteiger partial charge in [0, 0.05) is 32.2 Å². The van der Waals surface area contributed by atoms with Gasteiger partial charge in [0.1, 0.15) is 5.75 Å². The normalized spacial score (nSPS) is 18.2. The van der Waals surface area contributed by atoms with Gasteiger partial charge in [-0.05, 0) is 38.7 Å². The summed E-state index contributed by atoms with van der Waals surface area (Å²) < 4.78 is 30.3. The first-order valence-electron chi connectivity index (χ1n) is 9.31. The number of hydrogen-bond acceptors (Lipinski definition) is 4. The monoisotopic (exact) mass is 396 g/mol. The Balaban J connectivity index is 1.89. The third kappa shape index (κ3) is 6.10. The van der Waals surface area contributed by atoms with Crippen molar-refractivity contribution in [2.24, 2.45) is 10.9 Å². The maximum atomic E-state index is 11.6. The molecule has 152 valence electrons. The Bertz CT molecular complexity index is 756. The molecule has 1 heterocycles. The molecule has 0 bridgehead atoms. The molecule has 8 heteroatoms. The fraction of sp³-hybridized carbons (Fsp3) is 0.632. The fourth-order valence-electron chi connectivity index (χ4n) is 3.36. The van der Waals surface area contributed by atoms with Crippen LogP contribution in [0.5, 0.6) is 5.75 Å². The zero-order chi connectivity index (χ0) is 20.0. The van der Waals surface area contributed by atoms with Crippen LogP contribution in [-0.2, 0) is 10.0 Å². The molecular weight excluding hydrogens is 364 g/mol. The van der Waals surface area contributed by atoms with E-state index in [1.165, 1.54) is 11.8 Å². The molecule has 0 aliphatic carbocycles. The summed E-state index contributed by atoms with van der Waals surface area (Å²) in [4.78, 5) is 4.32. The van der Waals surface area contributed by atoms with E-state index in [4.69, 9.17) is 4.74 Å². The number of nitrogens with zero attached hydrogens (tertiary/aromatic N) is 2. The molecule has 27 heavy (non-hydrogen) atoms. The van der Waals surface area contributed by atoms with Gasteiger partial charge < -0.3 is 15.4 Å². The van der Waals surface area contributed by atoms with Crippen molar-refractivity contribution in [2.75, 3.05) is 40.0 Å². The largest absolute Gasteiger partial charge is 0.496 e. The van der Waals surface area contributed by atoms with Crippen LogP contribution in [0, 0.1) is 12.8 Å². The average Bonchev–Trinajstić information content (AvgIpc) is 2.64. The van der Waals surface area contributed by atoms with Gasteiger partial charge in [0.25, 0.3) is 0 Å². The Labute approximate surface area is 163 Å². The Kier molecular flexibility index (Phi) is 7.49. The number of methoxy groups -OCH3 is 1. The van der Waals surface area contributed by atoms with E-state index in [9.17, 15) is 8.42 Å². The third-order valence-corrected chi connectivity index (χ3v) is 6.33. The first-order chi connectivity index (χ1) is 12.7. The van der Waals surface area contributed by atoms with E-state index >= 15 is 0 Å². The second-order valence-electron chi connectivity index (χ2n) is 7.17. The minimum Gasteiger partial charge on any atom is -0.496 e. The molecule has 1 aliphatic rings. The zero-order valence-corrected chi connectivity index (χ0v) is 17.8. The van der Waals surface area contributed by atoms with E-state index in [2.05, 4.69) is 35.5 Å². The van der Waals surface area contributed by atoms with Crippen LogP contribution in [0.3, 0.4) is 0 Å². The molecule has 0 radical (unpaired) electrons. The fourth-order valence-corrected chi connectivity index (χ4v) is 4.23. The highest BCUT2D eigenvalue weighted by Gasteiger charge is 2.25. The lowest BCUT2D eigenvalue weighted by atomic mass is 9.98. The molecule has 1 aliphatic heterocycles. The minimum absolute atomic E-state index is 0.0399. The van der Waals surface area contributed by atoms with Crippen LogP contribution >= 0.6 is 0 Å². The quantitative estimate of drug-likeness (QED) is 0.567.